The molecule has 0 aromatic carbocycles. The van der Waals surface area contributed by atoms with Gasteiger partial charge in [-0.3, -0.25) is 9.59 Å². The standard InChI is InChI=1S/C15H28N2O4S/c1-5-7-12(18)16-11(8-9-22-4)14(19)17-13(15(20)21)10(3)6-2/h10-11,13H,5-9H2,1-4H3,(H,16,18)(H,17,19)(H,20,21). The van der Waals surface area contributed by atoms with Crippen molar-refractivity contribution >= 4 is 29.5 Å². The summed E-state index contributed by atoms with van der Waals surface area (Å²) in [6.07, 6.45) is 4.11. The minimum atomic E-state index is -1.05. The Morgan fingerprint density at radius 1 is 1.18 bits per heavy atom. The molecule has 22 heavy (non-hydrogen) atoms. The number of carbonyl (C=O) groups excluding carboxylic acids is 2. The molecule has 3 atom stereocenters. The van der Waals surface area contributed by atoms with Gasteiger partial charge in [0.05, 0.1) is 0 Å². The number of carboxylic acid groups (broad SMARTS) is 1. The van der Waals surface area contributed by atoms with Gasteiger partial charge >= 0.3 is 5.97 Å². The highest BCUT2D eigenvalue weighted by Gasteiger charge is 2.29. The van der Waals surface area contributed by atoms with Crippen molar-refractivity contribution in [2.75, 3.05) is 12.0 Å². The van der Waals surface area contributed by atoms with Crippen LogP contribution in [0, 0.1) is 5.92 Å². The number of carboxylic acids is 1. The summed E-state index contributed by atoms with van der Waals surface area (Å²) < 4.78 is 0. The first-order valence-electron chi connectivity index (χ1n) is 7.68. The van der Waals surface area contributed by atoms with Crippen molar-refractivity contribution in [3.05, 3.63) is 0 Å². The molecule has 0 fully saturated rings. The van der Waals surface area contributed by atoms with Crippen LogP contribution in [0.1, 0.15) is 46.5 Å². The molecule has 128 valence electrons. The van der Waals surface area contributed by atoms with E-state index in [-0.39, 0.29) is 11.8 Å². The Hall–Kier alpha value is -1.24. The summed E-state index contributed by atoms with van der Waals surface area (Å²) in [6, 6.07) is -1.62. The van der Waals surface area contributed by atoms with Crippen molar-refractivity contribution in [3.63, 3.8) is 0 Å². The zero-order chi connectivity index (χ0) is 17.1. The molecule has 0 aromatic heterocycles. The maximum Gasteiger partial charge on any atom is 0.326 e. The van der Waals surface area contributed by atoms with Crippen LogP contribution in [0.2, 0.25) is 0 Å². The lowest BCUT2D eigenvalue weighted by molar-refractivity contribution is -0.143. The van der Waals surface area contributed by atoms with Gasteiger partial charge in [-0.15, -0.1) is 0 Å². The zero-order valence-corrected chi connectivity index (χ0v) is 14.7. The predicted octanol–water partition coefficient (Wildman–Crippen LogP) is 1.64. The maximum atomic E-state index is 12.3. The number of carbonyl (C=O) groups is 3. The molecule has 0 aliphatic carbocycles. The molecule has 0 rings (SSSR count). The number of amides is 2. The third-order valence-corrected chi connectivity index (χ3v) is 4.16. The SMILES string of the molecule is CCCC(=O)NC(CCSC)C(=O)NC(C(=O)O)C(C)CC. The van der Waals surface area contributed by atoms with Gasteiger partial charge in [0.25, 0.3) is 0 Å². The van der Waals surface area contributed by atoms with Gasteiger partial charge in [-0.05, 0) is 30.8 Å². The molecule has 0 aromatic rings. The van der Waals surface area contributed by atoms with Gasteiger partial charge in [0, 0.05) is 6.42 Å². The van der Waals surface area contributed by atoms with E-state index >= 15 is 0 Å². The van der Waals surface area contributed by atoms with Crippen LogP contribution in [-0.2, 0) is 14.4 Å². The third kappa shape index (κ3) is 7.68. The molecule has 0 heterocycles. The smallest absolute Gasteiger partial charge is 0.326 e. The minimum Gasteiger partial charge on any atom is -0.480 e. The number of thioether (sulfide) groups is 1. The Morgan fingerprint density at radius 3 is 2.27 bits per heavy atom. The van der Waals surface area contributed by atoms with Crippen LogP contribution in [0.5, 0.6) is 0 Å². The van der Waals surface area contributed by atoms with Crippen molar-refractivity contribution < 1.29 is 19.5 Å². The molecule has 0 aliphatic heterocycles. The Morgan fingerprint density at radius 2 is 1.82 bits per heavy atom. The van der Waals surface area contributed by atoms with E-state index < -0.39 is 24.0 Å². The second-order valence-electron chi connectivity index (χ2n) is 5.36. The van der Waals surface area contributed by atoms with E-state index in [9.17, 15) is 19.5 Å². The second kappa shape index (κ2) is 11.3. The van der Waals surface area contributed by atoms with Gasteiger partial charge in [-0.2, -0.15) is 11.8 Å². The molecule has 6 nitrogen and oxygen atoms in total. The Bertz CT molecular complexity index is 377. The molecular formula is C15H28N2O4S. The molecule has 0 radical (unpaired) electrons. The fourth-order valence-corrected chi connectivity index (χ4v) is 2.41. The molecule has 7 heteroatoms. The van der Waals surface area contributed by atoms with E-state index in [1.54, 1.807) is 18.7 Å². The Labute approximate surface area is 136 Å². The molecule has 3 unspecified atom stereocenters. The van der Waals surface area contributed by atoms with Gasteiger partial charge in [0.2, 0.25) is 11.8 Å². The second-order valence-corrected chi connectivity index (χ2v) is 6.35. The van der Waals surface area contributed by atoms with E-state index in [4.69, 9.17) is 0 Å². The topological polar surface area (TPSA) is 95.5 Å². The maximum absolute atomic E-state index is 12.3. The largest absolute Gasteiger partial charge is 0.480 e. The molecule has 3 N–H and O–H groups in total. The lowest BCUT2D eigenvalue weighted by Crippen LogP contribution is -2.53. The summed E-state index contributed by atoms with van der Waals surface area (Å²) in [5, 5.41) is 14.5. The Kier molecular flexibility index (Phi) is 10.7. The van der Waals surface area contributed by atoms with Crippen LogP contribution < -0.4 is 10.6 Å². The molecule has 2 amide bonds. The number of nitrogens with one attached hydrogen (secondary N) is 2. The number of hydrogen-bond acceptors (Lipinski definition) is 4. The van der Waals surface area contributed by atoms with E-state index in [0.717, 1.165) is 0 Å². The van der Waals surface area contributed by atoms with Gasteiger partial charge in [-0.1, -0.05) is 27.2 Å². The van der Waals surface area contributed by atoms with Gasteiger partial charge in [0.15, 0.2) is 0 Å². The average Bonchev–Trinajstić information content (AvgIpc) is 2.47. The summed E-state index contributed by atoms with van der Waals surface area (Å²) in [6.45, 7) is 5.55. The van der Waals surface area contributed by atoms with Crippen LogP contribution in [0.3, 0.4) is 0 Å². The highest BCUT2D eigenvalue weighted by Crippen LogP contribution is 2.09. The first-order valence-corrected chi connectivity index (χ1v) is 9.08. The Balaban J connectivity index is 4.84. The summed E-state index contributed by atoms with van der Waals surface area (Å²) in [5.41, 5.74) is 0. The lowest BCUT2D eigenvalue weighted by Gasteiger charge is -2.24. The fourth-order valence-electron chi connectivity index (χ4n) is 1.94. The van der Waals surface area contributed by atoms with Crippen LogP contribution in [0.25, 0.3) is 0 Å². The molecule has 0 spiro atoms. The highest BCUT2D eigenvalue weighted by atomic mass is 32.2. The zero-order valence-electron chi connectivity index (χ0n) is 13.8. The summed E-state index contributed by atoms with van der Waals surface area (Å²) in [5.74, 6) is -1.11. The van der Waals surface area contributed by atoms with Gasteiger partial charge < -0.3 is 15.7 Å². The first-order chi connectivity index (χ1) is 10.4. The molecule has 0 aliphatic rings. The van der Waals surface area contributed by atoms with Crippen LogP contribution in [0.15, 0.2) is 0 Å². The minimum absolute atomic E-state index is 0.172. The van der Waals surface area contributed by atoms with E-state index in [1.165, 1.54) is 0 Å². The fraction of sp³-hybridized carbons (Fsp3) is 0.800. The van der Waals surface area contributed by atoms with Crippen molar-refractivity contribution in [3.8, 4) is 0 Å². The molecular weight excluding hydrogens is 304 g/mol. The van der Waals surface area contributed by atoms with Crippen molar-refractivity contribution in [1.29, 1.82) is 0 Å². The van der Waals surface area contributed by atoms with Crippen LogP contribution >= 0.6 is 11.8 Å². The van der Waals surface area contributed by atoms with E-state index in [1.807, 2.05) is 20.1 Å². The van der Waals surface area contributed by atoms with Gasteiger partial charge in [-0.25, -0.2) is 4.79 Å². The quantitative estimate of drug-likeness (QED) is 0.534. The number of rotatable bonds is 11. The van der Waals surface area contributed by atoms with Crippen molar-refractivity contribution in [2.24, 2.45) is 5.92 Å². The summed E-state index contributed by atoms with van der Waals surface area (Å²) in [7, 11) is 0. The summed E-state index contributed by atoms with van der Waals surface area (Å²) >= 11 is 1.58. The molecule has 0 saturated heterocycles. The van der Waals surface area contributed by atoms with Crippen molar-refractivity contribution in [1.82, 2.24) is 10.6 Å². The lowest BCUT2D eigenvalue weighted by atomic mass is 9.98. The van der Waals surface area contributed by atoms with Crippen molar-refractivity contribution in [2.45, 2.75) is 58.5 Å². The predicted molar refractivity (Wildman–Crippen MR) is 88.9 cm³/mol. The number of hydrogen-bond donors (Lipinski definition) is 3. The van der Waals surface area contributed by atoms with E-state index in [2.05, 4.69) is 10.6 Å². The van der Waals surface area contributed by atoms with E-state index in [0.29, 0.717) is 31.4 Å². The monoisotopic (exact) mass is 332 g/mol. The summed E-state index contributed by atoms with van der Waals surface area (Å²) in [4.78, 5) is 35.3. The van der Waals surface area contributed by atoms with Crippen LogP contribution in [-0.4, -0.2) is 47.0 Å². The number of aliphatic carboxylic acids is 1. The first kappa shape index (κ1) is 20.8. The normalized spacial score (nSPS) is 14.7. The average molecular weight is 332 g/mol. The van der Waals surface area contributed by atoms with Gasteiger partial charge in [0.1, 0.15) is 12.1 Å². The van der Waals surface area contributed by atoms with Crippen LogP contribution in [0.4, 0.5) is 0 Å². The highest BCUT2D eigenvalue weighted by molar-refractivity contribution is 7.98. The molecule has 0 bridgehead atoms. The molecule has 0 saturated carbocycles. The third-order valence-electron chi connectivity index (χ3n) is 3.52.